The lowest BCUT2D eigenvalue weighted by atomic mass is 10.0. The van der Waals surface area contributed by atoms with Crippen LogP contribution in [0.2, 0.25) is 0 Å². The molecule has 1 aliphatic heterocycles. The van der Waals surface area contributed by atoms with Crippen molar-refractivity contribution in [2.24, 2.45) is 7.05 Å². The van der Waals surface area contributed by atoms with Crippen LogP contribution >= 0.6 is 0 Å². The van der Waals surface area contributed by atoms with Gasteiger partial charge in [-0.25, -0.2) is 9.97 Å². The molecule has 8 nitrogen and oxygen atoms in total. The lowest BCUT2D eigenvalue weighted by Crippen LogP contribution is -2.37. The Balaban J connectivity index is 1.57. The minimum Gasteiger partial charge on any atom is -0.496 e. The van der Waals surface area contributed by atoms with Gasteiger partial charge in [0.15, 0.2) is 0 Å². The van der Waals surface area contributed by atoms with E-state index in [9.17, 15) is 0 Å². The summed E-state index contributed by atoms with van der Waals surface area (Å²) in [5.74, 6) is 1.63. The number of pyridine rings is 2. The van der Waals surface area contributed by atoms with Crippen LogP contribution in [0, 0.1) is 0 Å². The number of nitrogens with one attached hydrogen (secondary N) is 2. The summed E-state index contributed by atoms with van der Waals surface area (Å²) in [6.45, 7) is 4.18. The molecule has 1 unspecified atom stereocenters. The summed E-state index contributed by atoms with van der Waals surface area (Å²) >= 11 is 0. The van der Waals surface area contributed by atoms with Gasteiger partial charge in [0, 0.05) is 48.7 Å². The van der Waals surface area contributed by atoms with E-state index in [0.29, 0.717) is 0 Å². The molecule has 0 saturated carbocycles. The van der Waals surface area contributed by atoms with Crippen molar-refractivity contribution in [2.75, 3.05) is 25.5 Å². The number of ether oxygens (including phenoxy) is 1. The quantitative estimate of drug-likeness (QED) is 0.533. The van der Waals surface area contributed by atoms with Crippen LogP contribution in [0.3, 0.4) is 0 Å². The average Bonchev–Trinajstić information content (AvgIpc) is 3.46. The number of rotatable bonds is 5. The van der Waals surface area contributed by atoms with Gasteiger partial charge in [0.25, 0.3) is 0 Å². The minimum atomic E-state index is 0.0198. The van der Waals surface area contributed by atoms with Gasteiger partial charge in [-0.15, -0.1) is 0 Å². The Morgan fingerprint density at radius 2 is 2.13 bits per heavy atom. The zero-order valence-corrected chi connectivity index (χ0v) is 17.4. The van der Waals surface area contributed by atoms with Crippen molar-refractivity contribution in [3.63, 3.8) is 0 Å². The van der Waals surface area contributed by atoms with Crippen LogP contribution in [0.25, 0.3) is 28.2 Å². The number of methoxy groups -OCH3 is 1. The van der Waals surface area contributed by atoms with Gasteiger partial charge < -0.3 is 15.4 Å². The van der Waals surface area contributed by atoms with Crippen molar-refractivity contribution >= 4 is 11.5 Å². The number of hydrogen-bond acceptors (Lipinski definition) is 6. The largest absolute Gasteiger partial charge is 0.496 e. The highest BCUT2D eigenvalue weighted by Gasteiger charge is 2.28. The molecule has 0 radical (unpaired) electrons. The standard InChI is InChI=1S/C22H25N7O/c1-22(7-8-23-14-22)27-20-6-4-5-17(26-20)18-11-24-21-9-19(30-3)16(13-29(18)21)15-10-25-28(2)12-15/h4-6,9-13,23H,7-8,14H2,1-3H3,(H,26,27). The van der Waals surface area contributed by atoms with E-state index in [1.165, 1.54) is 0 Å². The highest BCUT2D eigenvalue weighted by Crippen LogP contribution is 2.33. The van der Waals surface area contributed by atoms with Crippen LogP contribution in [0.5, 0.6) is 5.75 Å². The molecule has 0 aliphatic carbocycles. The lowest BCUT2D eigenvalue weighted by molar-refractivity contribution is 0.416. The van der Waals surface area contributed by atoms with Crippen molar-refractivity contribution < 1.29 is 4.74 Å². The highest BCUT2D eigenvalue weighted by atomic mass is 16.5. The Morgan fingerprint density at radius 1 is 1.23 bits per heavy atom. The van der Waals surface area contributed by atoms with Gasteiger partial charge in [0.05, 0.1) is 30.9 Å². The van der Waals surface area contributed by atoms with E-state index in [-0.39, 0.29) is 5.54 Å². The molecule has 8 heteroatoms. The van der Waals surface area contributed by atoms with Crippen LogP contribution in [0.1, 0.15) is 13.3 Å². The second-order valence-corrected chi connectivity index (χ2v) is 8.05. The number of nitrogens with zero attached hydrogens (tertiary/aromatic N) is 5. The molecule has 1 atom stereocenters. The Morgan fingerprint density at radius 3 is 2.87 bits per heavy atom. The molecule has 0 spiro atoms. The van der Waals surface area contributed by atoms with Gasteiger partial charge in [0.2, 0.25) is 0 Å². The fourth-order valence-corrected chi connectivity index (χ4v) is 4.02. The Labute approximate surface area is 174 Å². The fourth-order valence-electron chi connectivity index (χ4n) is 4.02. The normalized spacial score (nSPS) is 18.8. The zero-order valence-electron chi connectivity index (χ0n) is 17.4. The smallest absolute Gasteiger partial charge is 0.140 e. The third-order valence-electron chi connectivity index (χ3n) is 5.66. The van der Waals surface area contributed by atoms with E-state index in [1.54, 1.807) is 11.8 Å². The first-order chi connectivity index (χ1) is 14.5. The van der Waals surface area contributed by atoms with Crippen molar-refractivity contribution in [3.8, 4) is 28.3 Å². The molecule has 0 bridgehead atoms. The molecule has 1 saturated heterocycles. The summed E-state index contributed by atoms with van der Waals surface area (Å²) in [4.78, 5) is 9.46. The second-order valence-electron chi connectivity index (χ2n) is 8.05. The predicted octanol–water partition coefficient (Wildman–Crippen LogP) is 2.97. The molecule has 4 aromatic heterocycles. The molecule has 5 heterocycles. The molecule has 154 valence electrons. The first-order valence-corrected chi connectivity index (χ1v) is 10.1. The maximum atomic E-state index is 5.61. The van der Waals surface area contributed by atoms with Crippen molar-refractivity contribution in [1.82, 2.24) is 29.5 Å². The summed E-state index contributed by atoms with van der Waals surface area (Å²) in [6, 6.07) is 8.00. The van der Waals surface area contributed by atoms with E-state index >= 15 is 0 Å². The highest BCUT2D eigenvalue weighted by molar-refractivity contribution is 5.73. The van der Waals surface area contributed by atoms with E-state index in [0.717, 1.165) is 59.2 Å². The predicted molar refractivity (Wildman–Crippen MR) is 117 cm³/mol. The third kappa shape index (κ3) is 3.29. The fraction of sp³-hybridized carbons (Fsp3) is 0.318. The molecular formula is C22H25N7O. The summed E-state index contributed by atoms with van der Waals surface area (Å²) in [5.41, 5.74) is 4.56. The first-order valence-electron chi connectivity index (χ1n) is 10.1. The van der Waals surface area contributed by atoms with Gasteiger partial charge >= 0.3 is 0 Å². The average molecular weight is 403 g/mol. The van der Waals surface area contributed by atoms with E-state index in [4.69, 9.17) is 9.72 Å². The van der Waals surface area contributed by atoms with Crippen LogP contribution < -0.4 is 15.4 Å². The number of aromatic nitrogens is 5. The lowest BCUT2D eigenvalue weighted by Gasteiger charge is -2.25. The minimum absolute atomic E-state index is 0.0198. The van der Waals surface area contributed by atoms with Crippen molar-refractivity contribution in [2.45, 2.75) is 18.9 Å². The Hall–Kier alpha value is -3.39. The first kappa shape index (κ1) is 18.6. The zero-order chi connectivity index (χ0) is 20.7. The molecule has 1 fully saturated rings. The number of aryl methyl sites for hydroxylation is 1. The van der Waals surface area contributed by atoms with Gasteiger partial charge in [-0.2, -0.15) is 5.10 Å². The van der Waals surface area contributed by atoms with Crippen LogP contribution in [-0.2, 0) is 7.05 Å². The summed E-state index contributed by atoms with van der Waals surface area (Å²) in [6.07, 6.45) is 8.77. The molecule has 30 heavy (non-hydrogen) atoms. The number of fused-ring (bicyclic) bond motifs is 1. The van der Waals surface area contributed by atoms with Gasteiger partial charge in [0.1, 0.15) is 17.2 Å². The van der Waals surface area contributed by atoms with Gasteiger partial charge in [-0.1, -0.05) is 6.07 Å². The van der Waals surface area contributed by atoms with Gasteiger partial charge in [-0.05, 0) is 32.0 Å². The SMILES string of the molecule is COc1cc2ncc(-c3cccc(NC4(C)CCNC4)n3)n2cc1-c1cnn(C)c1. The summed E-state index contributed by atoms with van der Waals surface area (Å²) < 4.78 is 9.45. The summed E-state index contributed by atoms with van der Waals surface area (Å²) in [7, 11) is 3.57. The molecule has 1 aliphatic rings. The Kier molecular flexibility index (Phi) is 4.43. The van der Waals surface area contributed by atoms with Crippen LogP contribution in [0.15, 0.2) is 49.1 Å². The topological polar surface area (TPSA) is 81.3 Å². The van der Waals surface area contributed by atoms with Crippen LogP contribution in [-0.4, -0.2) is 49.9 Å². The van der Waals surface area contributed by atoms with Gasteiger partial charge in [-0.3, -0.25) is 9.08 Å². The molecule has 2 N–H and O–H groups in total. The molecule has 5 rings (SSSR count). The molecule has 0 aromatic carbocycles. The molecule has 4 aromatic rings. The maximum Gasteiger partial charge on any atom is 0.140 e. The number of anilines is 1. The van der Waals surface area contributed by atoms with E-state index in [2.05, 4.69) is 32.0 Å². The van der Waals surface area contributed by atoms with Crippen LogP contribution in [0.4, 0.5) is 5.82 Å². The second kappa shape index (κ2) is 7.14. The maximum absolute atomic E-state index is 5.61. The number of hydrogen-bond donors (Lipinski definition) is 2. The Bertz CT molecular complexity index is 1200. The van der Waals surface area contributed by atoms with Crippen molar-refractivity contribution in [3.05, 3.63) is 49.1 Å². The van der Waals surface area contributed by atoms with E-state index in [1.807, 2.05) is 56.1 Å². The molecule has 0 amide bonds. The van der Waals surface area contributed by atoms with E-state index < -0.39 is 0 Å². The third-order valence-corrected chi connectivity index (χ3v) is 5.66. The summed E-state index contributed by atoms with van der Waals surface area (Å²) in [5, 5.41) is 11.3. The number of imidazole rings is 1. The molecular weight excluding hydrogens is 378 g/mol. The van der Waals surface area contributed by atoms with Crippen molar-refractivity contribution in [1.29, 1.82) is 0 Å². The monoisotopic (exact) mass is 403 g/mol.